The highest BCUT2D eigenvalue weighted by Crippen LogP contribution is 2.30. The average Bonchev–Trinajstić information content (AvgIpc) is 3.42. The predicted octanol–water partition coefficient (Wildman–Crippen LogP) is 4.16. The van der Waals surface area contributed by atoms with Crippen LogP contribution in [0.25, 0.3) is 16.5 Å². The van der Waals surface area contributed by atoms with Crippen molar-refractivity contribution in [2.45, 2.75) is 19.4 Å². The highest BCUT2D eigenvalue weighted by atomic mass is 35.5. The van der Waals surface area contributed by atoms with Crippen LogP contribution < -0.4 is 15.2 Å². The molecule has 172 valence electrons. The summed E-state index contributed by atoms with van der Waals surface area (Å²) in [5.74, 6) is 1.25. The molecule has 0 radical (unpaired) electrons. The lowest BCUT2D eigenvalue weighted by Gasteiger charge is -2.19. The Balaban J connectivity index is 1.54. The third kappa shape index (κ3) is 4.52. The Morgan fingerprint density at radius 3 is 2.94 bits per heavy atom. The van der Waals surface area contributed by atoms with Crippen LogP contribution in [-0.4, -0.2) is 47.8 Å². The normalized spacial score (nSPS) is 17.0. The summed E-state index contributed by atoms with van der Waals surface area (Å²) in [5, 5.41) is 7.41. The number of allylic oxidation sites excluding steroid dienone is 3. The number of aryl methyl sites for hydroxylation is 1. The SMILES string of the molecule is C=N/C(=C\C(=C/C)c1cc2cc(OC)ccc2n1C)O[C@@H]1CCN(c2cn[nH]c(=O)c2Cl)C1. The van der Waals surface area contributed by atoms with E-state index in [1.807, 2.05) is 49.2 Å². The highest BCUT2D eigenvalue weighted by molar-refractivity contribution is 6.33. The molecule has 0 aliphatic carbocycles. The summed E-state index contributed by atoms with van der Waals surface area (Å²) in [6.07, 6.45) is 6.11. The molecule has 0 spiro atoms. The molecule has 1 aliphatic rings. The molecule has 1 aliphatic heterocycles. The number of methoxy groups -OCH3 is 1. The van der Waals surface area contributed by atoms with Crippen molar-refractivity contribution in [1.82, 2.24) is 14.8 Å². The Morgan fingerprint density at radius 2 is 2.21 bits per heavy atom. The molecule has 0 saturated carbocycles. The molecule has 9 heteroatoms. The number of rotatable bonds is 7. The number of aromatic nitrogens is 3. The fourth-order valence-corrected chi connectivity index (χ4v) is 4.31. The largest absolute Gasteiger partial charge is 0.497 e. The number of hydrogen-bond acceptors (Lipinski definition) is 6. The molecule has 3 aromatic rings. The maximum atomic E-state index is 11.8. The zero-order chi connectivity index (χ0) is 23.5. The number of fused-ring (bicyclic) bond motifs is 1. The number of hydrogen-bond donors (Lipinski definition) is 1. The molecule has 4 rings (SSSR count). The van der Waals surface area contributed by atoms with Crippen LogP contribution >= 0.6 is 11.6 Å². The van der Waals surface area contributed by atoms with Crippen molar-refractivity contribution in [2.75, 3.05) is 25.1 Å². The molecule has 1 saturated heterocycles. The molecule has 2 aromatic heterocycles. The van der Waals surface area contributed by atoms with Crippen LogP contribution in [0.5, 0.6) is 5.75 Å². The van der Waals surface area contributed by atoms with Gasteiger partial charge in [0, 0.05) is 42.7 Å². The summed E-state index contributed by atoms with van der Waals surface area (Å²) in [5.41, 5.74) is 3.29. The van der Waals surface area contributed by atoms with Crippen LogP contribution in [0.15, 0.2) is 58.3 Å². The maximum Gasteiger partial charge on any atom is 0.285 e. The first-order valence-corrected chi connectivity index (χ1v) is 11.0. The van der Waals surface area contributed by atoms with E-state index in [0.717, 1.165) is 34.3 Å². The molecule has 1 aromatic carbocycles. The molecule has 8 nitrogen and oxygen atoms in total. The van der Waals surface area contributed by atoms with Gasteiger partial charge in [-0.25, -0.2) is 10.1 Å². The first kappa shape index (κ1) is 22.7. The molecular weight excluding hydrogens is 442 g/mol. The second-order valence-corrected chi connectivity index (χ2v) is 8.15. The molecule has 0 bridgehead atoms. The quantitative estimate of drug-likeness (QED) is 0.320. The number of benzene rings is 1. The van der Waals surface area contributed by atoms with Gasteiger partial charge in [-0.05, 0) is 43.5 Å². The van der Waals surface area contributed by atoms with Gasteiger partial charge in [0.25, 0.3) is 5.56 Å². The van der Waals surface area contributed by atoms with Crippen molar-refractivity contribution in [3.63, 3.8) is 0 Å². The first-order valence-electron chi connectivity index (χ1n) is 10.6. The van der Waals surface area contributed by atoms with E-state index >= 15 is 0 Å². The number of halogens is 1. The summed E-state index contributed by atoms with van der Waals surface area (Å²) in [6.45, 7) is 6.93. The first-order chi connectivity index (χ1) is 15.9. The maximum absolute atomic E-state index is 11.8. The van der Waals surface area contributed by atoms with Crippen LogP contribution in [0.2, 0.25) is 5.02 Å². The fourth-order valence-electron chi connectivity index (χ4n) is 4.10. The van der Waals surface area contributed by atoms with E-state index in [2.05, 4.69) is 32.5 Å². The third-order valence-electron chi connectivity index (χ3n) is 5.84. The van der Waals surface area contributed by atoms with Gasteiger partial charge in [-0.15, -0.1) is 0 Å². The third-order valence-corrected chi connectivity index (χ3v) is 6.21. The van der Waals surface area contributed by atoms with E-state index in [1.165, 1.54) is 0 Å². The Morgan fingerprint density at radius 1 is 1.39 bits per heavy atom. The van der Waals surface area contributed by atoms with E-state index in [9.17, 15) is 4.79 Å². The van der Waals surface area contributed by atoms with Crippen molar-refractivity contribution < 1.29 is 9.47 Å². The van der Waals surface area contributed by atoms with Gasteiger partial charge in [-0.1, -0.05) is 17.7 Å². The Labute approximate surface area is 196 Å². The number of nitrogens with zero attached hydrogens (tertiary/aromatic N) is 4. The second kappa shape index (κ2) is 9.54. The van der Waals surface area contributed by atoms with E-state index in [1.54, 1.807) is 13.3 Å². The van der Waals surface area contributed by atoms with Crippen molar-refractivity contribution >= 4 is 40.5 Å². The van der Waals surface area contributed by atoms with Crippen molar-refractivity contribution in [3.8, 4) is 5.75 Å². The summed E-state index contributed by atoms with van der Waals surface area (Å²) >= 11 is 6.15. The van der Waals surface area contributed by atoms with Gasteiger partial charge in [-0.3, -0.25) is 4.79 Å². The lowest BCUT2D eigenvalue weighted by molar-refractivity contribution is 0.133. The van der Waals surface area contributed by atoms with Gasteiger partial charge < -0.3 is 18.9 Å². The minimum atomic E-state index is -0.405. The zero-order valence-corrected chi connectivity index (χ0v) is 19.6. The molecule has 0 unspecified atom stereocenters. The van der Waals surface area contributed by atoms with Gasteiger partial charge >= 0.3 is 0 Å². The summed E-state index contributed by atoms with van der Waals surface area (Å²) in [6, 6.07) is 8.12. The highest BCUT2D eigenvalue weighted by Gasteiger charge is 2.27. The minimum Gasteiger partial charge on any atom is -0.497 e. The van der Waals surface area contributed by atoms with Crippen LogP contribution in [0.3, 0.4) is 0 Å². The van der Waals surface area contributed by atoms with Gasteiger partial charge in [0.2, 0.25) is 5.88 Å². The van der Waals surface area contributed by atoms with E-state index in [0.29, 0.717) is 24.7 Å². The number of nitrogens with one attached hydrogen (secondary N) is 1. The Hall–Kier alpha value is -3.52. The van der Waals surface area contributed by atoms with Crippen molar-refractivity contribution in [3.05, 3.63) is 69.6 Å². The number of aliphatic imine (C=N–C) groups is 1. The predicted molar refractivity (Wildman–Crippen MR) is 132 cm³/mol. The molecule has 3 heterocycles. The monoisotopic (exact) mass is 467 g/mol. The lowest BCUT2D eigenvalue weighted by atomic mass is 10.1. The van der Waals surface area contributed by atoms with Gasteiger partial charge in [0.15, 0.2) is 0 Å². The van der Waals surface area contributed by atoms with Crippen LogP contribution in [0.4, 0.5) is 5.69 Å². The molecule has 33 heavy (non-hydrogen) atoms. The van der Waals surface area contributed by atoms with Gasteiger partial charge in [-0.2, -0.15) is 5.10 Å². The van der Waals surface area contributed by atoms with Gasteiger partial charge in [0.1, 0.15) is 16.9 Å². The Kier molecular flexibility index (Phi) is 6.55. The van der Waals surface area contributed by atoms with Crippen molar-refractivity contribution in [1.29, 1.82) is 0 Å². The molecule has 1 N–H and O–H groups in total. The zero-order valence-electron chi connectivity index (χ0n) is 18.8. The summed E-state index contributed by atoms with van der Waals surface area (Å²) in [4.78, 5) is 17.9. The van der Waals surface area contributed by atoms with Crippen LogP contribution in [0, 0.1) is 0 Å². The molecule has 1 fully saturated rings. The van der Waals surface area contributed by atoms with E-state index in [-0.39, 0.29) is 11.1 Å². The van der Waals surface area contributed by atoms with Crippen LogP contribution in [-0.2, 0) is 11.8 Å². The van der Waals surface area contributed by atoms with Gasteiger partial charge in [0.05, 0.1) is 25.5 Å². The molecule has 1 atom stereocenters. The smallest absolute Gasteiger partial charge is 0.285 e. The van der Waals surface area contributed by atoms with Crippen LogP contribution in [0.1, 0.15) is 19.0 Å². The summed E-state index contributed by atoms with van der Waals surface area (Å²) < 4.78 is 13.6. The number of ether oxygens (including phenoxy) is 2. The fraction of sp³-hybridized carbons (Fsp3) is 0.292. The number of aromatic amines is 1. The topological polar surface area (TPSA) is 84.7 Å². The molecule has 0 amide bonds. The lowest BCUT2D eigenvalue weighted by Crippen LogP contribution is -2.25. The van der Waals surface area contributed by atoms with E-state index in [4.69, 9.17) is 21.1 Å². The van der Waals surface area contributed by atoms with E-state index < -0.39 is 5.56 Å². The standard InChI is InChI=1S/C24H26ClN5O3/c1-5-15(20-11-16-10-17(32-4)6-7-19(16)29(20)3)12-22(26-2)33-18-8-9-30(14-18)21-13-27-28-24(31)23(21)25/h5-7,10-13,18H,2,8-9,14H2,1,3-4H3,(H,28,31)/b15-5+,22-12+/t18-/m1/s1. The minimum absolute atomic E-state index is 0.119. The summed E-state index contributed by atoms with van der Waals surface area (Å²) in [7, 11) is 3.69. The van der Waals surface area contributed by atoms with Crippen molar-refractivity contribution in [2.24, 2.45) is 12.0 Å². The average molecular weight is 468 g/mol. The molecular formula is C24H26ClN5O3. The Bertz CT molecular complexity index is 1310. The number of H-pyrrole nitrogens is 1. The second-order valence-electron chi connectivity index (χ2n) is 7.77. The number of anilines is 1.